The van der Waals surface area contributed by atoms with Crippen molar-refractivity contribution in [2.75, 3.05) is 7.05 Å². The van der Waals surface area contributed by atoms with Gasteiger partial charge in [-0.2, -0.15) is 0 Å². The highest BCUT2D eigenvalue weighted by Crippen LogP contribution is 2.24. The molecule has 0 saturated carbocycles. The Kier molecular flexibility index (Phi) is 4.60. The summed E-state index contributed by atoms with van der Waals surface area (Å²) in [5.74, 6) is 0.954. The van der Waals surface area contributed by atoms with E-state index in [1.165, 1.54) is 4.88 Å². The highest BCUT2D eigenvalue weighted by atomic mass is 32.1. The van der Waals surface area contributed by atoms with E-state index >= 15 is 0 Å². The molecule has 0 radical (unpaired) electrons. The Morgan fingerprint density at radius 2 is 2.25 bits per heavy atom. The van der Waals surface area contributed by atoms with Gasteiger partial charge in [0, 0.05) is 23.9 Å². The molecule has 0 fully saturated rings. The van der Waals surface area contributed by atoms with Crippen LogP contribution in [0.4, 0.5) is 0 Å². The third-order valence-corrected chi connectivity index (χ3v) is 4.74. The molecular formula is C15H20N2O2S. The molecule has 2 heterocycles. The van der Waals surface area contributed by atoms with Crippen LogP contribution in [0, 0.1) is 13.8 Å². The van der Waals surface area contributed by atoms with Crippen LogP contribution in [-0.4, -0.2) is 23.0 Å². The molecule has 0 N–H and O–H groups in total. The van der Waals surface area contributed by atoms with Crippen molar-refractivity contribution in [3.05, 3.63) is 39.4 Å². The maximum absolute atomic E-state index is 12.3. The number of carbonyl (C=O) groups is 1. The molecule has 0 aliphatic carbocycles. The summed E-state index contributed by atoms with van der Waals surface area (Å²) >= 11 is 1.68. The lowest BCUT2D eigenvalue weighted by Crippen LogP contribution is -2.29. The molecule has 4 nitrogen and oxygen atoms in total. The zero-order valence-electron chi connectivity index (χ0n) is 12.3. The van der Waals surface area contributed by atoms with Gasteiger partial charge in [0.1, 0.15) is 5.76 Å². The van der Waals surface area contributed by atoms with Gasteiger partial charge in [0.05, 0.1) is 11.7 Å². The van der Waals surface area contributed by atoms with Crippen LogP contribution in [0.1, 0.15) is 41.3 Å². The van der Waals surface area contributed by atoms with Crippen molar-refractivity contribution in [3.8, 4) is 0 Å². The lowest BCUT2D eigenvalue weighted by molar-refractivity contribution is -0.131. The number of thiophene rings is 1. The SMILES string of the molecule is Cc1noc(C)c1CCC(=O)N(C)[C@@H](C)c1cccs1. The second kappa shape index (κ2) is 6.22. The minimum Gasteiger partial charge on any atom is -0.361 e. The molecule has 0 aliphatic heterocycles. The zero-order chi connectivity index (χ0) is 14.7. The third-order valence-electron chi connectivity index (χ3n) is 3.70. The van der Waals surface area contributed by atoms with Crippen molar-refractivity contribution in [1.82, 2.24) is 10.1 Å². The number of rotatable bonds is 5. The number of hydrogen-bond donors (Lipinski definition) is 0. The molecule has 0 saturated heterocycles. The maximum atomic E-state index is 12.3. The summed E-state index contributed by atoms with van der Waals surface area (Å²) in [4.78, 5) is 15.3. The summed E-state index contributed by atoms with van der Waals surface area (Å²) in [6.45, 7) is 5.85. The predicted octanol–water partition coefficient (Wildman–Crippen LogP) is 3.51. The Hall–Kier alpha value is -1.62. The normalized spacial score (nSPS) is 12.4. The average Bonchev–Trinajstić information content (AvgIpc) is 3.06. The van der Waals surface area contributed by atoms with Crippen LogP contribution in [0.25, 0.3) is 0 Å². The smallest absolute Gasteiger partial charge is 0.223 e. The molecule has 5 heteroatoms. The first-order chi connectivity index (χ1) is 9.50. The monoisotopic (exact) mass is 292 g/mol. The van der Waals surface area contributed by atoms with Gasteiger partial charge in [-0.1, -0.05) is 11.2 Å². The quantitative estimate of drug-likeness (QED) is 0.847. The molecule has 1 amide bonds. The Labute approximate surface area is 123 Å². The van der Waals surface area contributed by atoms with E-state index in [1.54, 1.807) is 11.3 Å². The minimum absolute atomic E-state index is 0.118. The molecule has 0 bridgehead atoms. The molecule has 2 aromatic heterocycles. The Balaban J connectivity index is 1.95. The van der Waals surface area contributed by atoms with Gasteiger partial charge in [-0.3, -0.25) is 4.79 Å². The average molecular weight is 292 g/mol. The zero-order valence-corrected chi connectivity index (χ0v) is 13.2. The van der Waals surface area contributed by atoms with Gasteiger partial charge < -0.3 is 9.42 Å². The fourth-order valence-corrected chi connectivity index (χ4v) is 3.03. The largest absolute Gasteiger partial charge is 0.361 e. The molecule has 1 atom stereocenters. The fraction of sp³-hybridized carbons (Fsp3) is 0.467. The van der Waals surface area contributed by atoms with Crippen LogP contribution < -0.4 is 0 Å². The number of carbonyl (C=O) groups excluding carboxylic acids is 1. The van der Waals surface area contributed by atoms with Crippen molar-refractivity contribution in [2.24, 2.45) is 0 Å². The molecule has 2 rings (SSSR count). The number of hydrogen-bond acceptors (Lipinski definition) is 4. The summed E-state index contributed by atoms with van der Waals surface area (Å²) in [7, 11) is 1.86. The van der Waals surface area contributed by atoms with Gasteiger partial charge in [-0.05, 0) is 38.6 Å². The van der Waals surface area contributed by atoms with Crippen molar-refractivity contribution in [3.63, 3.8) is 0 Å². The minimum atomic E-state index is 0.118. The fourth-order valence-electron chi connectivity index (χ4n) is 2.20. The maximum Gasteiger partial charge on any atom is 0.223 e. The summed E-state index contributed by atoms with van der Waals surface area (Å²) in [6.07, 6.45) is 1.16. The van der Waals surface area contributed by atoms with E-state index in [2.05, 4.69) is 18.1 Å². The summed E-state index contributed by atoms with van der Waals surface area (Å²) in [5, 5.41) is 5.95. The molecule has 108 valence electrons. The highest BCUT2D eigenvalue weighted by Gasteiger charge is 2.19. The van der Waals surface area contributed by atoms with Gasteiger partial charge in [0.25, 0.3) is 0 Å². The highest BCUT2D eigenvalue weighted by molar-refractivity contribution is 7.10. The Morgan fingerprint density at radius 1 is 1.50 bits per heavy atom. The number of aryl methyl sites for hydroxylation is 2. The van der Waals surface area contributed by atoms with Crippen molar-refractivity contribution in [2.45, 2.75) is 39.7 Å². The second-order valence-corrected chi connectivity index (χ2v) is 5.98. The number of amides is 1. The summed E-state index contributed by atoms with van der Waals surface area (Å²) in [5.41, 5.74) is 1.93. The number of nitrogens with zero attached hydrogens (tertiary/aromatic N) is 2. The molecule has 20 heavy (non-hydrogen) atoms. The summed E-state index contributed by atoms with van der Waals surface area (Å²) < 4.78 is 5.12. The molecule has 0 aliphatic rings. The van der Waals surface area contributed by atoms with E-state index in [9.17, 15) is 4.79 Å². The van der Waals surface area contributed by atoms with Gasteiger partial charge in [-0.25, -0.2) is 0 Å². The first-order valence-corrected chi connectivity index (χ1v) is 7.59. The lowest BCUT2D eigenvalue weighted by atomic mass is 10.1. The van der Waals surface area contributed by atoms with Gasteiger partial charge in [0.2, 0.25) is 5.91 Å². The first kappa shape index (κ1) is 14.8. The molecule has 0 aromatic carbocycles. The van der Waals surface area contributed by atoms with E-state index in [1.807, 2.05) is 37.2 Å². The van der Waals surface area contributed by atoms with E-state index in [0.717, 1.165) is 17.0 Å². The van der Waals surface area contributed by atoms with E-state index in [-0.39, 0.29) is 11.9 Å². The van der Waals surface area contributed by atoms with Crippen LogP contribution in [0.3, 0.4) is 0 Å². The van der Waals surface area contributed by atoms with Crippen LogP contribution in [0.2, 0.25) is 0 Å². The van der Waals surface area contributed by atoms with Crippen molar-refractivity contribution < 1.29 is 9.32 Å². The van der Waals surface area contributed by atoms with Crippen molar-refractivity contribution >= 4 is 17.2 Å². The van der Waals surface area contributed by atoms with Gasteiger partial charge in [-0.15, -0.1) is 11.3 Å². The van der Waals surface area contributed by atoms with E-state index in [4.69, 9.17) is 4.52 Å². The van der Waals surface area contributed by atoms with Crippen LogP contribution in [-0.2, 0) is 11.2 Å². The van der Waals surface area contributed by atoms with Gasteiger partial charge in [0.15, 0.2) is 0 Å². The van der Waals surface area contributed by atoms with Crippen LogP contribution in [0.5, 0.6) is 0 Å². The topological polar surface area (TPSA) is 46.3 Å². The molecule has 2 aromatic rings. The van der Waals surface area contributed by atoms with E-state index < -0.39 is 0 Å². The second-order valence-electron chi connectivity index (χ2n) is 5.00. The first-order valence-electron chi connectivity index (χ1n) is 6.71. The Morgan fingerprint density at radius 3 is 2.80 bits per heavy atom. The standard InChI is InChI=1S/C15H20N2O2S/c1-10-13(12(3)19-16-10)7-8-15(18)17(4)11(2)14-6-5-9-20-14/h5-6,9,11H,7-8H2,1-4H3/t11-/m0/s1. The van der Waals surface area contributed by atoms with Crippen LogP contribution in [0.15, 0.2) is 22.0 Å². The Bertz CT molecular complexity index is 555. The van der Waals surface area contributed by atoms with Crippen LogP contribution >= 0.6 is 11.3 Å². The van der Waals surface area contributed by atoms with Gasteiger partial charge >= 0.3 is 0 Å². The number of aromatic nitrogens is 1. The molecular weight excluding hydrogens is 272 g/mol. The van der Waals surface area contributed by atoms with Crippen molar-refractivity contribution in [1.29, 1.82) is 0 Å². The van der Waals surface area contributed by atoms with E-state index in [0.29, 0.717) is 12.8 Å². The lowest BCUT2D eigenvalue weighted by Gasteiger charge is -2.24. The molecule has 0 spiro atoms. The molecule has 0 unspecified atom stereocenters. The summed E-state index contributed by atoms with van der Waals surface area (Å²) in [6, 6.07) is 4.19. The third kappa shape index (κ3) is 3.10. The predicted molar refractivity (Wildman–Crippen MR) is 79.8 cm³/mol.